The first kappa shape index (κ1) is 16.4. The van der Waals surface area contributed by atoms with Crippen LogP contribution in [0.4, 0.5) is 10.2 Å². The zero-order valence-electron chi connectivity index (χ0n) is 13.5. The summed E-state index contributed by atoms with van der Waals surface area (Å²) in [7, 11) is 0. The molecule has 1 amide bonds. The average Bonchev–Trinajstić information content (AvgIpc) is 3.39. The van der Waals surface area contributed by atoms with Crippen molar-refractivity contribution in [1.82, 2.24) is 9.88 Å². The van der Waals surface area contributed by atoms with Crippen LogP contribution in [0.3, 0.4) is 0 Å². The van der Waals surface area contributed by atoms with Gasteiger partial charge in [-0.15, -0.1) is 12.3 Å². The SMILES string of the molecule is C#CCCC1(CCC(=O)N2CCN(c3ncccc3F)CC2)N=N1. The minimum Gasteiger partial charge on any atom is -0.351 e. The molecule has 3 heterocycles. The predicted molar refractivity (Wildman–Crippen MR) is 87.9 cm³/mol. The third-order valence-electron chi connectivity index (χ3n) is 4.46. The van der Waals surface area contributed by atoms with Gasteiger partial charge in [-0.25, -0.2) is 9.37 Å². The summed E-state index contributed by atoms with van der Waals surface area (Å²) in [5.74, 6) is 2.70. The maximum Gasteiger partial charge on any atom is 0.222 e. The third kappa shape index (κ3) is 3.70. The maximum atomic E-state index is 13.8. The van der Waals surface area contributed by atoms with Crippen LogP contribution in [-0.4, -0.2) is 47.6 Å². The van der Waals surface area contributed by atoms with Crippen LogP contribution in [0.25, 0.3) is 0 Å². The molecule has 6 nitrogen and oxygen atoms in total. The molecule has 1 aromatic rings. The van der Waals surface area contributed by atoms with E-state index in [1.807, 2.05) is 9.80 Å². The Bertz CT molecular complexity index is 670. The number of anilines is 1. The van der Waals surface area contributed by atoms with Gasteiger partial charge < -0.3 is 9.80 Å². The molecule has 126 valence electrons. The number of piperazine rings is 1. The van der Waals surface area contributed by atoms with Gasteiger partial charge in [-0.2, -0.15) is 10.2 Å². The van der Waals surface area contributed by atoms with Crippen LogP contribution in [0.15, 0.2) is 28.6 Å². The van der Waals surface area contributed by atoms with Crippen LogP contribution in [0.1, 0.15) is 25.7 Å². The van der Waals surface area contributed by atoms with E-state index >= 15 is 0 Å². The quantitative estimate of drug-likeness (QED) is 0.752. The molecule has 2 aliphatic rings. The molecule has 24 heavy (non-hydrogen) atoms. The number of terminal acetylenes is 1. The van der Waals surface area contributed by atoms with Gasteiger partial charge in [0, 0.05) is 58.1 Å². The van der Waals surface area contributed by atoms with E-state index in [-0.39, 0.29) is 11.7 Å². The lowest BCUT2D eigenvalue weighted by Gasteiger charge is -2.35. The fourth-order valence-electron chi connectivity index (χ4n) is 2.91. The Hall–Kier alpha value is -2.49. The van der Waals surface area contributed by atoms with Crippen LogP contribution in [0, 0.1) is 18.2 Å². The van der Waals surface area contributed by atoms with Crippen LogP contribution in [0.5, 0.6) is 0 Å². The van der Waals surface area contributed by atoms with Gasteiger partial charge in [-0.05, 0) is 12.1 Å². The lowest BCUT2D eigenvalue weighted by Crippen LogP contribution is -2.49. The smallest absolute Gasteiger partial charge is 0.222 e. The highest BCUT2D eigenvalue weighted by Gasteiger charge is 2.39. The summed E-state index contributed by atoms with van der Waals surface area (Å²) in [4.78, 5) is 20.1. The highest BCUT2D eigenvalue weighted by molar-refractivity contribution is 5.76. The molecule has 0 aromatic carbocycles. The van der Waals surface area contributed by atoms with Crippen molar-refractivity contribution in [2.24, 2.45) is 10.2 Å². The summed E-state index contributed by atoms with van der Waals surface area (Å²) >= 11 is 0. The first-order chi connectivity index (χ1) is 11.6. The van der Waals surface area contributed by atoms with Crippen molar-refractivity contribution < 1.29 is 9.18 Å². The van der Waals surface area contributed by atoms with Gasteiger partial charge in [0.05, 0.1) is 0 Å². The first-order valence-electron chi connectivity index (χ1n) is 8.14. The number of pyridine rings is 1. The van der Waals surface area contributed by atoms with Gasteiger partial charge >= 0.3 is 0 Å². The van der Waals surface area contributed by atoms with Crippen LogP contribution in [-0.2, 0) is 4.79 Å². The molecule has 0 saturated carbocycles. The first-order valence-corrected chi connectivity index (χ1v) is 8.14. The largest absolute Gasteiger partial charge is 0.351 e. The molecule has 0 atom stereocenters. The summed E-state index contributed by atoms with van der Waals surface area (Å²) in [5.41, 5.74) is -0.416. The fraction of sp³-hybridized carbons (Fsp3) is 0.529. The molecule has 0 N–H and O–H groups in total. The number of aromatic nitrogens is 1. The Labute approximate surface area is 140 Å². The molecule has 1 aromatic heterocycles. The minimum atomic E-state index is -0.416. The Morgan fingerprint density at radius 2 is 2.04 bits per heavy atom. The van der Waals surface area contributed by atoms with E-state index in [0.717, 1.165) is 0 Å². The molecule has 3 rings (SSSR count). The van der Waals surface area contributed by atoms with E-state index in [4.69, 9.17) is 6.42 Å². The molecule has 0 spiro atoms. The zero-order valence-corrected chi connectivity index (χ0v) is 13.5. The van der Waals surface area contributed by atoms with Crippen LogP contribution in [0.2, 0.25) is 0 Å². The van der Waals surface area contributed by atoms with Gasteiger partial charge in [-0.3, -0.25) is 4.79 Å². The molecular formula is C17H20FN5O. The van der Waals surface area contributed by atoms with Crippen molar-refractivity contribution in [1.29, 1.82) is 0 Å². The van der Waals surface area contributed by atoms with Crippen molar-refractivity contribution in [3.63, 3.8) is 0 Å². The number of halogens is 1. The van der Waals surface area contributed by atoms with E-state index in [9.17, 15) is 9.18 Å². The Kier molecular flexibility index (Phi) is 4.74. The van der Waals surface area contributed by atoms with Gasteiger partial charge in [0.2, 0.25) is 5.91 Å². The topological polar surface area (TPSA) is 61.2 Å². The molecule has 0 unspecified atom stereocenters. The number of carbonyl (C=O) groups is 1. The minimum absolute atomic E-state index is 0.0912. The number of hydrogen-bond acceptors (Lipinski definition) is 5. The summed E-state index contributed by atoms with van der Waals surface area (Å²) in [6, 6.07) is 2.97. The number of amides is 1. The summed E-state index contributed by atoms with van der Waals surface area (Å²) in [5, 5.41) is 8.10. The van der Waals surface area contributed by atoms with E-state index < -0.39 is 5.66 Å². The molecule has 7 heteroatoms. The second-order valence-corrected chi connectivity index (χ2v) is 6.06. The van der Waals surface area contributed by atoms with E-state index in [1.165, 1.54) is 6.07 Å². The van der Waals surface area contributed by atoms with Gasteiger partial charge in [0.1, 0.15) is 0 Å². The monoisotopic (exact) mass is 329 g/mol. The second-order valence-electron chi connectivity index (χ2n) is 6.06. The van der Waals surface area contributed by atoms with Crippen molar-refractivity contribution >= 4 is 11.7 Å². The van der Waals surface area contributed by atoms with Crippen LogP contribution >= 0.6 is 0 Å². The summed E-state index contributed by atoms with van der Waals surface area (Å²) in [6.45, 7) is 2.30. The maximum absolute atomic E-state index is 13.8. The highest BCUT2D eigenvalue weighted by Crippen LogP contribution is 2.37. The van der Waals surface area contributed by atoms with Crippen molar-refractivity contribution in [2.45, 2.75) is 31.3 Å². The lowest BCUT2D eigenvalue weighted by molar-refractivity contribution is -0.131. The van der Waals surface area contributed by atoms with E-state index in [1.54, 1.807) is 12.3 Å². The lowest BCUT2D eigenvalue weighted by atomic mass is 10.0. The number of rotatable bonds is 6. The van der Waals surface area contributed by atoms with Gasteiger partial charge in [0.25, 0.3) is 0 Å². The molecular weight excluding hydrogens is 309 g/mol. The summed E-state index contributed by atoms with van der Waals surface area (Å²) < 4.78 is 13.8. The highest BCUT2D eigenvalue weighted by atomic mass is 19.1. The Morgan fingerprint density at radius 3 is 2.67 bits per heavy atom. The average molecular weight is 329 g/mol. The van der Waals surface area contributed by atoms with E-state index in [0.29, 0.717) is 57.7 Å². The number of hydrogen-bond donors (Lipinski definition) is 0. The van der Waals surface area contributed by atoms with Gasteiger partial charge in [-0.1, -0.05) is 0 Å². The summed E-state index contributed by atoms with van der Waals surface area (Å²) in [6.07, 6.45) is 9.20. The Morgan fingerprint density at radius 1 is 1.29 bits per heavy atom. The third-order valence-corrected chi connectivity index (χ3v) is 4.46. The number of nitrogens with zero attached hydrogens (tertiary/aromatic N) is 5. The van der Waals surface area contributed by atoms with Crippen molar-refractivity contribution in [3.05, 3.63) is 24.1 Å². The van der Waals surface area contributed by atoms with Crippen molar-refractivity contribution in [3.8, 4) is 12.3 Å². The fourth-order valence-corrected chi connectivity index (χ4v) is 2.91. The van der Waals surface area contributed by atoms with Crippen molar-refractivity contribution in [2.75, 3.05) is 31.1 Å². The van der Waals surface area contributed by atoms with E-state index in [2.05, 4.69) is 21.1 Å². The molecule has 0 radical (unpaired) electrons. The zero-order chi connectivity index (χ0) is 17.0. The molecule has 0 aliphatic carbocycles. The Balaban J connectivity index is 1.46. The molecule has 1 fully saturated rings. The second kappa shape index (κ2) is 6.95. The van der Waals surface area contributed by atoms with Crippen LogP contribution < -0.4 is 4.90 Å². The predicted octanol–water partition coefficient (Wildman–Crippen LogP) is 2.22. The molecule has 1 saturated heterocycles. The number of carbonyl (C=O) groups excluding carboxylic acids is 1. The molecule has 0 bridgehead atoms. The van der Waals surface area contributed by atoms with Gasteiger partial charge in [0.15, 0.2) is 17.3 Å². The molecule has 2 aliphatic heterocycles. The normalized spacial score (nSPS) is 18.3. The standard InChI is InChI=1S/C17H20FN5O/c1-2-3-7-17(20-21-17)8-6-15(24)22-10-12-23(13-11-22)16-14(18)5-4-9-19-16/h1,4-5,9H,3,6-8,10-13H2.